The first-order valence-corrected chi connectivity index (χ1v) is 8.83. The number of benzene rings is 1. The average molecular weight is 342 g/mol. The first kappa shape index (κ1) is 16.3. The molecule has 6 nitrogen and oxygen atoms in total. The molecule has 4 rings (SSSR count). The van der Waals surface area contributed by atoms with E-state index in [1.807, 2.05) is 0 Å². The number of anilines is 1. The lowest BCUT2D eigenvalue weighted by Gasteiger charge is -2.22. The van der Waals surface area contributed by atoms with Crippen molar-refractivity contribution < 1.29 is 19.1 Å². The van der Waals surface area contributed by atoms with Crippen LogP contribution >= 0.6 is 0 Å². The van der Waals surface area contributed by atoms with Gasteiger partial charge in [-0.05, 0) is 30.9 Å². The maximum atomic E-state index is 13.0. The van der Waals surface area contributed by atoms with Gasteiger partial charge in [-0.15, -0.1) is 0 Å². The predicted octanol–water partition coefficient (Wildman–Crippen LogP) is 1.62. The van der Waals surface area contributed by atoms with E-state index < -0.39 is 17.3 Å². The molecule has 2 aliphatic heterocycles. The summed E-state index contributed by atoms with van der Waals surface area (Å²) in [5, 5.41) is 5.73. The summed E-state index contributed by atoms with van der Waals surface area (Å²) in [5.41, 5.74) is 0.0605. The van der Waals surface area contributed by atoms with Gasteiger partial charge in [0.05, 0.1) is 29.5 Å². The minimum Gasteiger partial charge on any atom is -0.381 e. The van der Waals surface area contributed by atoms with E-state index in [0.717, 1.165) is 19.4 Å². The number of amides is 2. The van der Waals surface area contributed by atoms with Crippen molar-refractivity contribution in [3.63, 3.8) is 0 Å². The highest BCUT2D eigenvalue weighted by atomic mass is 16.5. The summed E-state index contributed by atoms with van der Waals surface area (Å²) in [6.45, 7) is 3.69. The Labute approximate surface area is 146 Å². The molecule has 0 aromatic heterocycles. The summed E-state index contributed by atoms with van der Waals surface area (Å²) in [6, 6.07) is 6.98. The van der Waals surface area contributed by atoms with Crippen LogP contribution in [0, 0.1) is 23.2 Å². The molecule has 0 bridgehead atoms. The highest BCUT2D eigenvalue weighted by Gasteiger charge is 2.73. The van der Waals surface area contributed by atoms with Crippen LogP contribution in [0.25, 0.3) is 0 Å². The second-order valence-corrected chi connectivity index (χ2v) is 7.43. The van der Waals surface area contributed by atoms with Crippen LogP contribution in [0.1, 0.15) is 30.1 Å². The Morgan fingerprint density at radius 2 is 2.16 bits per heavy atom. The van der Waals surface area contributed by atoms with E-state index in [1.54, 1.807) is 31.2 Å². The Kier molecular flexibility index (Phi) is 3.87. The topological polar surface area (TPSA) is 84.5 Å². The van der Waals surface area contributed by atoms with Gasteiger partial charge in [-0.25, -0.2) is 0 Å². The normalized spacial score (nSPS) is 33.6. The molecule has 0 spiro atoms. The van der Waals surface area contributed by atoms with E-state index in [4.69, 9.17) is 4.74 Å². The molecule has 1 saturated heterocycles. The SMILES string of the molecule is C[C@]12C(=O)c3ccccc3NC(=O)C1[C@H]2C(=O)NCC1CCCOC1. The standard InChI is InChI=1S/C19H22N2O4/c1-19-14(17(23)20-9-11-5-4-8-25-10-11)15(19)18(24)21-13-7-3-2-6-12(13)16(19)22/h2-3,6-7,11,14-15H,4-5,8-10H2,1H3,(H,20,23)(H,21,24)/t11?,14-,15?,19+/m0/s1. The van der Waals surface area contributed by atoms with Gasteiger partial charge in [-0.2, -0.15) is 0 Å². The molecule has 2 fully saturated rings. The van der Waals surface area contributed by atoms with Crippen LogP contribution in [0.2, 0.25) is 0 Å². The van der Waals surface area contributed by atoms with E-state index in [2.05, 4.69) is 10.6 Å². The lowest BCUT2D eigenvalue weighted by molar-refractivity contribution is -0.125. The van der Waals surface area contributed by atoms with Gasteiger partial charge in [0.2, 0.25) is 11.8 Å². The molecule has 2 heterocycles. The van der Waals surface area contributed by atoms with Crippen molar-refractivity contribution >= 4 is 23.3 Å². The largest absolute Gasteiger partial charge is 0.381 e. The lowest BCUT2D eigenvalue weighted by atomic mass is 9.92. The third-order valence-corrected chi connectivity index (χ3v) is 5.82. The zero-order valence-electron chi connectivity index (χ0n) is 14.2. The van der Waals surface area contributed by atoms with Crippen molar-refractivity contribution in [2.75, 3.05) is 25.1 Å². The molecule has 0 radical (unpaired) electrons. The van der Waals surface area contributed by atoms with Crippen LogP contribution < -0.4 is 10.6 Å². The number of para-hydroxylation sites is 1. The van der Waals surface area contributed by atoms with E-state index in [1.165, 1.54) is 0 Å². The molecular weight excluding hydrogens is 320 g/mol. The highest BCUT2D eigenvalue weighted by Crippen LogP contribution is 2.62. The minimum atomic E-state index is -0.955. The van der Waals surface area contributed by atoms with Gasteiger partial charge < -0.3 is 15.4 Å². The summed E-state index contributed by atoms with van der Waals surface area (Å²) in [6.07, 6.45) is 2.03. The fourth-order valence-corrected chi connectivity index (χ4v) is 4.26. The van der Waals surface area contributed by atoms with Crippen LogP contribution in [0.4, 0.5) is 5.69 Å². The number of fused-ring (bicyclic) bond motifs is 2. The number of ketones is 1. The molecular formula is C19H22N2O4. The van der Waals surface area contributed by atoms with Gasteiger partial charge in [0.1, 0.15) is 0 Å². The van der Waals surface area contributed by atoms with Crippen LogP contribution in [0.3, 0.4) is 0 Å². The molecule has 1 aromatic rings. The van der Waals surface area contributed by atoms with Gasteiger partial charge in [-0.1, -0.05) is 19.1 Å². The zero-order chi connectivity index (χ0) is 17.6. The number of carbonyl (C=O) groups is 3. The maximum Gasteiger partial charge on any atom is 0.229 e. The Morgan fingerprint density at radius 1 is 1.36 bits per heavy atom. The van der Waals surface area contributed by atoms with E-state index in [0.29, 0.717) is 30.3 Å². The number of ether oxygens (including phenoxy) is 1. The lowest BCUT2D eigenvalue weighted by Crippen LogP contribution is -2.36. The van der Waals surface area contributed by atoms with Crippen molar-refractivity contribution in [2.45, 2.75) is 19.8 Å². The van der Waals surface area contributed by atoms with Crippen molar-refractivity contribution in [1.82, 2.24) is 5.32 Å². The maximum absolute atomic E-state index is 13.0. The van der Waals surface area contributed by atoms with Gasteiger partial charge >= 0.3 is 0 Å². The van der Waals surface area contributed by atoms with Gasteiger partial charge in [0.15, 0.2) is 5.78 Å². The van der Waals surface area contributed by atoms with Gasteiger partial charge in [-0.3, -0.25) is 14.4 Å². The first-order valence-electron chi connectivity index (χ1n) is 8.83. The van der Waals surface area contributed by atoms with Crippen molar-refractivity contribution in [1.29, 1.82) is 0 Å². The fraction of sp³-hybridized carbons (Fsp3) is 0.526. The Morgan fingerprint density at radius 3 is 2.92 bits per heavy atom. The van der Waals surface area contributed by atoms with E-state index in [9.17, 15) is 14.4 Å². The number of Topliss-reactive ketones (excluding diaryl/α,β-unsaturated/α-hetero) is 1. The second kappa shape index (κ2) is 5.95. The average Bonchev–Trinajstić information content (AvgIpc) is 3.28. The van der Waals surface area contributed by atoms with Crippen LogP contribution in [0.15, 0.2) is 24.3 Å². The Bertz CT molecular complexity index is 741. The molecule has 25 heavy (non-hydrogen) atoms. The first-order chi connectivity index (χ1) is 12.0. The minimum absolute atomic E-state index is 0.132. The van der Waals surface area contributed by atoms with Gasteiger partial charge in [0, 0.05) is 18.7 Å². The number of nitrogens with one attached hydrogen (secondary N) is 2. The predicted molar refractivity (Wildman–Crippen MR) is 91.0 cm³/mol. The van der Waals surface area contributed by atoms with Crippen molar-refractivity contribution in [2.24, 2.45) is 23.2 Å². The number of carbonyl (C=O) groups excluding carboxylic acids is 3. The highest BCUT2D eigenvalue weighted by molar-refractivity contribution is 6.19. The smallest absolute Gasteiger partial charge is 0.229 e. The summed E-state index contributed by atoms with van der Waals surface area (Å²) < 4.78 is 5.43. The molecule has 2 unspecified atom stereocenters. The molecule has 2 amide bonds. The third kappa shape index (κ3) is 2.56. The summed E-state index contributed by atoms with van der Waals surface area (Å²) in [7, 11) is 0. The molecule has 4 atom stereocenters. The van der Waals surface area contributed by atoms with E-state index in [-0.39, 0.29) is 17.6 Å². The molecule has 2 N–H and O–H groups in total. The number of hydrogen-bond donors (Lipinski definition) is 2. The molecule has 1 aromatic carbocycles. The number of rotatable bonds is 3. The van der Waals surface area contributed by atoms with Gasteiger partial charge in [0.25, 0.3) is 0 Å². The Balaban J connectivity index is 1.50. The molecule has 1 aliphatic carbocycles. The van der Waals surface area contributed by atoms with Crippen LogP contribution in [0.5, 0.6) is 0 Å². The summed E-state index contributed by atoms with van der Waals surface area (Å²) in [4.78, 5) is 38.2. The quantitative estimate of drug-likeness (QED) is 0.874. The molecule has 132 valence electrons. The van der Waals surface area contributed by atoms with Crippen molar-refractivity contribution in [3.05, 3.63) is 29.8 Å². The zero-order valence-corrected chi connectivity index (χ0v) is 14.2. The van der Waals surface area contributed by atoms with Crippen molar-refractivity contribution in [3.8, 4) is 0 Å². The summed E-state index contributed by atoms with van der Waals surface area (Å²) in [5.74, 6) is -1.48. The summed E-state index contributed by atoms with van der Waals surface area (Å²) >= 11 is 0. The monoisotopic (exact) mass is 342 g/mol. The fourth-order valence-electron chi connectivity index (χ4n) is 4.26. The molecule has 6 heteroatoms. The Hall–Kier alpha value is -2.21. The van der Waals surface area contributed by atoms with E-state index >= 15 is 0 Å². The third-order valence-electron chi connectivity index (χ3n) is 5.82. The van der Waals surface area contributed by atoms with Crippen LogP contribution in [-0.4, -0.2) is 37.4 Å². The number of hydrogen-bond acceptors (Lipinski definition) is 4. The molecule has 1 saturated carbocycles. The molecule has 3 aliphatic rings. The van der Waals surface area contributed by atoms with Crippen LogP contribution in [-0.2, 0) is 14.3 Å². The second-order valence-electron chi connectivity index (χ2n) is 7.43.